The topological polar surface area (TPSA) is 74.2 Å². The van der Waals surface area contributed by atoms with Gasteiger partial charge in [-0.3, -0.25) is 14.6 Å². The second kappa shape index (κ2) is 6.91. The number of allylic oxidation sites excluding steroid dienone is 3. The Kier molecular flexibility index (Phi) is 4.18. The lowest BCUT2D eigenvalue weighted by Gasteiger charge is -2.37. The molecule has 0 amide bonds. The second-order valence-corrected chi connectivity index (χ2v) is 9.69. The highest BCUT2D eigenvalue weighted by molar-refractivity contribution is 6.26. The van der Waals surface area contributed by atoms with Crippen LogP contribution in [-0.2, 0) is 14.3 Å². The molecule has 0 N–H and O–H groups in total. The molecule has 33 heavy (non-hydrogen) atoms. The number of ether oxygens (including phenoxy) is 3. The summed E-state index contributed by atoms with van der Waals surface area (Å²) in [6, 6.07) is 13.5. The molecule has 0 fully saturated rings. The van der Waals surface area contributed by atoms with Crippen molar-refractivity contribution >= 4 is 23.2 Å². The van der Waals surface area contributed by atoms with E-state index in [9.17, 15) is 9.59 Å². The van der Waals surface area contributed by atoms with E-state index in [1.165, 1.54) is 6.92 Å². The van der Waals surface area contributed by atoms with Crippen LogP contribution in [0.25, 0.3) is 5.76 Å². The third-order valence-corrected chi connectivity index (χ3v) is 6.62. The van der Waals surface area contributed by atoms with Gasteiger partial charge in [-0.05, 0) is 29.5 Å². The van der Waals surface area contributed by atoms with Gasteiger partial charge in [0.15, 0.2) is 17.3 Å². The number of aliphatic imine (C=N–C) groups is 1. The van der Waals surface area contributed by atoms with Crippen molar-refractivity contribution in [1.82, 2.24) is 0 Å². The number of Topliss-reactive ketones (excluding diaryl/α,β-unsaturated/α-hetero) is 1. The molecule has 0 saturated carbocycles. The average Bonchev–Trinajstić information content (AvgIpc) is 3.34. The van der Waals surface area contributed by atoms with Crippen LogP contribution >= 0.6 is 0 Å². The third-order valence-electron chi connectivity index (χ3n) is 6.62. The van der Waals surface area contributed by atoms with E-state index in [1.807, 2.05) is 42.5 Å². The summed E-state index contributed by atoms with van der Waals surface area (Å²) in [5, 5.41) is 0. The maximum atomic E-state index is 13.5. The van der Waals surface area contributed by atoms with Crippen LogP contribution in [-0.4, -0.2) is 24.3 Å². The molecule has 0 saturated heterocycles. The van der Waals surface area contributed by atoms with E-state index in [1.54, 1.807) is 0 Å². The Morgan fingerprint density at radius 3 is 2.58 bits per heavy atom. The number of rotatable bonds is 2. The Morgan fingerprint density at radius 2 is 1.79 bits per heavy atom. The normalized spacial score (nSPS) is 22.0. The highest BCUT2D eigenvalue weighted by Crippen LogP contribution is 2.53. The maximum absolute atomic E-state index is 13.5. The van der Waals surface area contributed by atoms with Gasteiger partial charge in [0.05, 0.1) is 5.71 Å². The summed E-state index contributed by atoms with van der Waals surface area (Å²) in [6.07, 6.45) is 1.15. The van der Waals surface area contributed by atoms with Crippen LogP contribution in [0, 0.1) is 5.41 Å². The lowest BCUT2D eigenvalue weighted by atomic mass is 9.68. The molecule has 6 nitrogen and oxygen atoms in total. The molecule has 0 bridgehead atoms. The van der Waals surface area contributed by atoms with Crippen LogP contribution in [0.2, 0.25) is 0 Å². The summed E-state index contributed by atoms with van der Waals surface area (Å²) in [6.45, 7) is 5.76. The summed E-state index contributed by atoms with van der Waals surface area (Å²) in [5.41, 5.74) is 5.49. The van der Waals surface area contributed by atoms with Crippen LogP contribution < -0.4 is 9.47 Å². The SMILES string of the molecule is CC(=O)OC1=C2C(=NC3=C(C(=O)CC(C)(C)C3)C2c2ccc3c(c2)OCO3)c2ccccc21. The number of esters is 1. The predicted octanol–water partition coefficient (Wildman–Crippen LogP) is 4.93. The summed E-state index contributed by atoms with van der Waals surface area (Å²) in [7, 11) is 0. The first-order chi connectivity index (χ1) is 15.8. The fraction of sp³-hybridized carbons (Fsp3) is 0.296. The van der Waals surface area contributed by atoms with Gasteiger partial charge in [-0.2, -0.15) is 0 Å². The fourth-order valence-electron chi connectivity index (χ4n) is 5.36. The van der Waals surface area contributed by atoms with Gasteiger partial charge in [0.1, 0.15) is 5.76 Å². The van der Waals surface area contributed by atoms with Crippen molar-refractivity contribution in [2.75, 3.05) is 6.79 Å². The Bertz CT molecular complexity index is 1340. The van der Waals surface area contributed by atoms with Gasteiger partial charge < -0.3 is 14.2 Å². The lowest BCUT2D eigenvalue weighted by Crippen LogP contribution is -2.32. The largest absolute Gasteiger partial charge is 0.454 e. The van der Waals surface area contributed by atoms with E-state index in [0.29, 0.717) is 35.7 Å². The number of benzene rings is 2. The summed E-state index contributed by atoms with van der Waals surface area (Å²) in [4.78, 5) is 30.7. The zero-order valence-electron chi connectivity index (χ0n) is 18.7. The molecule has 2 aromatic rings. The lowest BCUT2D eigenvalue weighted by molar-refractivity contribution is -0.134. The zero-order valence-corrected chi connectivity index (χ0v) is 18.7. The number of fused-ring (bicyclic) bond motifs is 4. The number of hydrogen-bond acceptors (Lipinski definition) is 6. The van der Waals surface area contributed by atoms with Gasteiger partial charge in [-0.15, -0.1) is 0 Å². The van der Waals surface area contributed by atoms with Gasteiger partial charge in [0.2, 0.25) is 6.79 Å². The minimum absolute atomic E-state index is 0.0809. The molecule has 2 heterocycles. The van der Waals surface area contributed by atoms with Crippen LogP contribution in [0.3, 0.4) is 0 Å². The number of ketones is 1. The number of carbonyl (C=O) groups excluding carboxylic acids is 2. The average molecular weight is 441 g/mol. The van der Waals surface area contributed by atoms with Crippen LogP contribution in [0.4, 0.5) is 0 Å². The summed E-state index contributed by atoms with van der Waals surface area (Å²) < 4.78 is 16.9. The molecule has 0 aromatic heterocycles. The summed E-state index contributed by atoms with van der Waals surface area (Å²) >= 11 is 0. The van der Waals surface area contributed by atoms with Crippen LogP contribution in [0.15, 0.2) is 64.3 Å². The number of nitrogens with zero attached hydrogens (tertiary/aromatic N) is 1. The van der Waals surface area contributed by atoms with Crippen molar-refractivity contribution in [1.29, 1.82) is 0 Å². The molecule has 4 aliphatic rings. The molecule has 6 heteroatoms. The van der Waals surface area contributed by atoms with Crippen molar-refractivity contribution in [3.8, 4) is 11.5 Å². The number of carbonyl (C=O) groups is 2. The number of hydrogen-bond donors (Lipinski definition) is 0. The van der Waals surface area contributed by atoms with Gasteiger partial charge >= 0.3 is 5.97 Å². The highest BCUT2D eigenvalue weighted by atomic mass is 16.7. The van der Waals surface area contributed by atoms with Gasteiger partial charge in [0.25, 0.3) is 0 Å². The van der Waals surface area contributed by atoms with E-state index < -0.39 is 11.9 Å². The maximum Gasteiger partial charge on any atom is 0.308 e. The van der Waals surface area contributed by atoms with Crippen molar-refractivity contribution in [2.24, 2.45) is 10.4 Å². The van der Waals surface area contributed by atoms with E-state index in [-0.39, 0.29) is 18.0 Å². The Labute approximate surface area is 191 Å². The van der Waals surface area contributed by atoms with E-state index in [2.05, 4.69) is 13.8 Å². The van der Waals surface area contributed by atoms with Gasteiger partial charge in [0, 0.05) is 47.2 Å². The molecule has 0 spiro atoms. The molecule has 6 rings (SSSR count). The predicted molar refractivity (Wildman–Crippen MR) is 122 cm³/mol. The van der Waals surface area contributed by atoms with Crippen LogP contribution in [0.1, 0.15) is 56.2 Å². The highest BCUT2D eigenvalue weighted by Gasteiger charge is 2.46. The van der Waals surface area contributed by atoms with Crippen molar-refractivity contribution in [3.05, 3.63) is 76.0 Å². The van der Waals surface area contributed by atoms with Gasteiger partial charge in [-0.1, -0.05) is 44.2 Å². The minimum atomic E-state index is -0.410. The van der Waals surface area contributed by atoms with Crippen molar-refractivity contribution < 1.29 is 23.8 Å². The molecular formula is C27H23NO5. The van der Waals surface area contributed by atoms with Crippen molar-refractivity contribution in [2.45, 2.75) is 39.5 Å². The molecular weight excluding hydrogens is 418 g/mol. The smallest absolute Gasteiger partial charge is 0.308 e. The monoisotopic (exact) mass is 441 g/mol. The second-order valence-electron chi connectivity index (χ2n) is 9.69. The Morgan fingerprint density at radius 1 is 1.03 bits per heavy atom. The first-order valence-corrected chi connectivity index (χ1v) is 11.1. The van der Waals surface area contributed by atoms with E-state index >= 15 is 0 Å². The standard InChI is InChI=1S/C27H23NO5/c1-14(29)33-26-17-7-5-4-6-16(17)25-24(26)22(15-8-9-20-21(10-15)32-13-31-20)23-18(28-25)11-27(2,3)12-19(23)30/h4-10,22H,11-13H2,1-3H3. The Balaban J connectivity index is 1.64. The van der Waals surface area contributed by atoms with Crippen molar-refractivity contribution in [3.63, 3.8) is 0 Å². The summed E-state index contributed by atoms with van der Waals surface area (Å²) in [5.74, 6) is 1.06. The molecule has 0 radical (unpaired) electrons. The first kappa shape index (κ1) is 20.0. The molecule has 2 aliphatic heterocycles. The zero-order chi connectivity index (χ0) is 22.9. The molecule has 166 valence electrons. The fourth-order valence-corrected chi connectivity index (χ4v) is 5.36. The van der Waals surface area contributed by atoms with Crippen LogP contribution in [0.5, 0.6) is 11.5 Å². The van der Waals surface area contributed by atoms with E-state index in [0.717, 1.165) is 33.7 Å². The van der Waals surface area contributed by atoms with Gasteiger partial charge in [-0.25, -0.2) is 0 Å². The van der Waals surface area contributed by atoms with E-state index in [4.69, 9.17) is 19.2 Å². The molecule has 2 aromatic carbocycles. The quantitative estimate of drug-likeness (QED) is 0.618. The Hall–Kier alpha value is -3.67. The molecule has 2 aliphatic carbocycles. The first-order valence-electron chi connectivity index (χ1n) is 11.1. The molecule has 1 unspecified atom stereocenters. The molecule has 1 atom stereocenters. The minimum Gasteiger partial charge on any atom is -0.454 e. The third kappa shape index (κ3) is 3.04.